The van der Waals surface area contributed by atoms with Gasteiger partial charge in [-0.3, -0.25) is 9.69 Å². The number of carbonyl (C=O) groups excluding carboxylic acids is 1. The lowest BCUT2D eigenvalue weighted by Crippen LogP contribution is -2.32. The van der Waals surface area contributed by atoms with Crippen molar-refractivity contribution in [1.82, 2.24) is 4.90 Å². The van der Waals surface area contributed by atoms with E-state index in [1.807, 2.05) is 48.2 Å². The Morgan fingerprint density at radius 2 is 2.04 bits per heavy atom. The number of fused-ring (bicyclic) bond motifs is 1. The molecule has 27 heavy (non-hydrogen) atoms. The lowest BCUT2D eigenvalue weighted by atomic mass is 10.1. The van der Waals surface area contributed by atoms with E-state index in [9.17, 15) is 4.79 Å². The predicted octanol–water partition coefficient (Wildman–Crippen LogP) is 3.58. The number of ether oxygens (including phenoxy) is 3. The molecular weight excluding hydrogens is 368 g/mol. The molecule has 7 heteroatoms. The van der Waals surface area contributed by atoms with E-state index in [1.165, 1.54) is 0 Å². The molecule has 0 saturated carbocycles. The van der Waals surface area contributed by atoms with Crippen LogP contribution in [-0.2, 0) is 11.3 Å². The number of methoxy groups -OCH3 is 1. The van der Waals surface area contributed by atoms with E-state index in [-0.39, 0.29) is 12.5 Å². The molecule has 1 aliphatic heterocycles. The largest absolute Gasteiger partial charge is 0.495 e. The van der Waals surface area contributed by atoms with E-state index in [0.29, 0.717) is 54.3 Å². The van der Waals surface area contributed by atoms with Crippen molar-refractivity contribution in [1.29, 1.82) is 0 Å². The average Bonchev–Trinajstić information content (AvgIpc) is 2.68. The third-order valence-corrected chi connectivity index (χ3v) is 4.54. The van der Waals surface area contributed by atoms with Gasteiger partial charge in [-0.25, -0.2) is 0 Å². The molecule has 0 aromatic heterocycles. The first-order valence-corrected chi connectivity index (χ1v) is 9.21. The molecule has 1 amide bonds. The number of benzene rings is 2. The molecule has 0 spiro atoms. The Kier molecular flexibility index (Phi) is 6.42. The van der Waals surface area contributed by atoms with E-state index in [0.717, 1.165) is 5.56 Å². The SMILES string of the molecule is CCN(CC(=O)Nc1ccccc1OC)Cc1cc(Cl)c2c(c1)OCCO2. The Bertz CT molecular complexity index is 813. The topological polar surface area (TPSA) is 60.0 Å². The number of halogens is 1. The molecule has 1 aliphatic rings. The Labute approximate surface area is 164 Å². The van der Waals surface area contributed by atoms with Gasteiger partial charge in [0, 0.05) is 6.54 Å². The number of para-hydroxylation sites is 2. The lowest BCUT2D eigenvalue weighted by Gasteiger charge is -2.23. The molecule has 144 valence electrons. The Hall–Kier alpha value is -2.44. The number of nitrogens with one attached hydrogen (secondary N) is 1. The molecule has 0 saturated heterocycles. The molecule has 1 heterocycles. The second kappa shape index (κ2) is 8.97. The van der Waals surface area contributed by atoms with E-state index in [1.54, 1.807) is 7.11 Å². The summed E-state index contributed by atoms with van der Waals surface area (Å²) in [4.78, 5) is 14.5. The summed E-state index contributed by atoms with van der Waals surface area (Å²) in [6.45, 7) is 4.55. The highest BCUT2D eigenvalue weighted by Crippen LogP contribution is 2.38. The van der Waals surface area contributed by atoms with Crippen LogP contribution in [0.1, 0.15) is 12.5 Å². The van der Waals surface area contributed by atoms with Crippen LogP contribution in [0.4, 0.5) is 5.69 Å². The lowest BCUT2D eigenvalue weighted by molar-refractivity contribution is -0.117. The molecule has 0 aliphatic carbocycles. The van der Waals surface area contributed by atoms with E-state index >= 15 is 0 Å². The fourth-order valence-corrected chi connectivity index (χ4v) is 3.22. The molecule has 0 unspecified atom stereocenters. The van der Waals surface area contributed by atoms with E-state index in [2.05, 4.69) is 5.32 Å². The monoisotopic (exact) mass is 390 g/mol. The maximum Gasteiger partial charge on any atom is 0.238 e. The maximum atomic E-state index is 12.5. The van der Waals surface area contributed by atoms with Crippen LogP contribution in [0.5, 0.6) is 17.2 Å². The number of anilines is 1. The van der Waals surface area contributed by atoms with Crippen molar-refractivity contribution < 1.29 is 19.0 Å². The summed E-state index contributed by atoms with van der Waals surface area (Å²) in [6, 6.07) is 11.1. The van der Waals surface area contributed by atoms with Crippen molar-refractivity contribution in [3.8, 4) is 17.2 Å². The van der Waals surface area contributed by atoms with Crippen LogP contribution in [-0.4, -0.2) is 44.2 Å². The quantitative estimate of drug-likeness (QED) is 0.783. The van der Waals surface area contributed by atoms with Gasteiger partial charge in [-0.1, -0.05) is 30.7 Å². The zero-order valence-corrected chi connectivity index (χ0v) is 16.2. The Morgan fingerprint density at radius 1 is 1.26 bits per heavy atom. The summed E-state index contributed by atoms with van der Waals surface area (Å²) in [5, 5.41) is 3.42. The number of carbonyl (C=O) groups is 1. The van der Waals surface area contributed by atoms with Gasteiger partial charge in [0.1, 0.15) is 19.0 Å². The van der Waals surface area contributed by atoms with E-state index in [4.69, 9.17) is 25.8 Å². The van der Waals surface area contributed by atoms with Crippen molar-refractivity contribution in [3.05, 3.63) is 47.0 Å². The number of nitrogens with zero attached hydrogens (tertiary/aromatic N) is 1. The normalized spacial score (nSPS) is 12.7. The van der Waals surface area contributed by atoms with Gasteiger partial charge >= 0.3 is 0 Å². The zero-order chi connectivity index (χ0) is 19.2. The van der Waals surface area contributed by atoms with Crippen molar-refractivity contribution >= 4 is 23.2 Å². The van der Waals surface area contributed by atoms with Crippen LogP contribution >= 0.6 is 11.6 Å². The molecule has 3 rings (SSSR count). The first-order valence-electron chi connectivity index (χ1n) is 8.84. The summed E-state index contributed by atoms with van der Waals surface area (Å²) >= 11 is 6.30. The smallest absolute Gasteiger partial charge is 0.238 e. The fraction of sp³-hybridized carbons (Fsp3) is 0.350. The number of hydrogen-bond acceptors (Lipinski definition) is 5. The number of hydrogen-bond donors (Lipinski definition) is 1. The molecular formula is C20H23ClN2O4. The van der Waals surface area contributed by atoms with Gasteiger partial charge in [0.15, 0.2) is 11.5 Å². The van der Waals surface area contributed by atoms with Crippen molar-refractivity contribution in [2.24, 2.45) is 0 Å². The molecule has 6 nitrogen and oxygen atoms in total. The summed E-state index contributed by atoms with van der Waals surface area (Å²) in [5.41, 5.74) is 1.62. The minimum Gasteiger partial charge on any atom is -0.495 e. The summed E-state index contributed by atoms with van der Waals surface area (Å²) in [7, 11) is 1.58. The van der Waals surface area contributed by atoms with Crippen LogP contribution < -0.4 is 19.5 Å². The van der Waals surface area contributed by atoms with Gasteiger partial charge in [0.2, 0.25) is 5.91 Å². The van der Waals surface area contributed by atoms with Crippen LogP contribution in [0.25, 0.3) is 0 Å². The Morgan fingerprint density at radius 3 is 2.81 bits per heavy atom. The van der Waals surface area contributed by atoms with Crippen molar-refractivity contribution in [3.63, 3.8) is 0 Å². The van der Waals surface area contributed by atoms with Crippen LogP contribution in [0.15, 0.2) is 36.4 Å². The third-order valence-electron chi connectivity index (χ3n) is 4.26. The number of rotatable bonds is 7. The van der Waals surface area contributed by atoms with Gasteiger partial charge < -0.3 is 19.5 Å². The third kappa shape index (κ3) is 4.84. The predicted molar refractivity (Wildman–Crippen MR) is 105 cm³/mol. The second-order valence-corrected chi connectivity index (χ2v) is 6.56. The molecule has 0 bridgehead atoms. The summed E-state index contributed by atoms with van der Waals surface area (Å²) in [6.07, 6.45) is 0. The highest BCUT2D eigenvalue weighted by molar-refractivity contribution is 6.32. The van der Waals surface area contributed by atoms with Crippen LogP contribution in [0.2, 0.25) is 5.02 Å². The zero-order valence-electron chi connectivity index (χ0n) is 15.5. The minimum absolute atomic E-state index is 0.106. The highest BCUT2D eigenvalue weighted by atomic mass is 35.5. The van der Waals surface area contributed by atoms with Gasteiger partial charge in [0.25, 0.3) is 0 Å². The van der Waals surface area contributed by atoms with Crippen LogP contribution in [0, 0.1) is 0 Å². The average molecular weight is 391 g/mol. The van der Waals surface area contributed by atoms with Gasteiger partial charge in [0.05, 0.1) is 24.4 Å². The molecule has 0 fully saturated rings. The minimum atomic E-state index is -0.106. The van der Waals surface area contributed by atoms with Gasteiger partial charge in [-0.15, -0.1) is 0 Å². The number of likely N-dealkylation sites (N-methyl/N-ethyl adjacent to an activating group) is 1. The van der Waals surface area contributed by atoms with Crippen molar-refractivity contribution in [2.75, 3.05) is 38.7 Å². The molecule has 2 aromatic carbocycles. The molecule has 1 N–H and O–H groups in total. The molecule has 2 aromatic rings. The first-order chi connectivity index (χ1) is 13.1. The van der Waals surface area contributed by atoms with Crippen molar-refractivity contribution in [2.45, 2.75) is 13.5 Å². The fourth-order valence-electron chi connectivity index (χ4n) is 2.93. The standard InChI is InChI=1S/C20H23ClN2O4/c1-3-23(13-19(24)22-16-6-4-5-7-17(16)25-2)12-14-10-15(21)20-18(11-14)26-8-9-27-20/h4-7,10-11H,3,8-9,12-13H2,1-2H3,(H,22,24). The summed E-state index contributed by atoms with van der Waals surface area (Å²) in [5.74, 6) is 1.76. The van der Waals surface area contributed by atoms with Gasteiger partial charge in [-0.2, -0.15) is 0 Å². The summed E-state index contributed by atoms with van der Waals surface area (Å²) < 4.78 is 16.4. The first kappa shape index (κ1) is 19.3. The highest BCUT2D eigenvalue weighted by Gasteiger charge is 2.18. The second-order valence-electron chi connectivity index (χ2n) is 6.15. The van der Waals surface area contributed by atoms with Gasteiger partial charge in [-0.05, 0) is 36.4 Å². The molecule has 0 radical (unpaired) electrons. The molecule has 0 atom stereocenters. The Balaban J connectivity index is 1.65. The number of amides is 1. The van der Waals surface area contributed by atoms with Crippen LogP contribution in [0.3, 0.4) is 0 Å². The van der Waals surface area contributed by atoms with E-state index < -0.39 is 0 Å². The maximum absolute atomic E-state index is 12.5.